The maximum atomic E-state index is 4.30. The molecule has 2 aromatic rings. The molecular formula is C10H11N3. The van der Waals surface area contributed by atoms with E-state index in [1.165, 1.54) is 5.52 Å². The van der Waals surface area contributed by atoms with Gasteiger partial charge in [-0.05, 0) is 18.2 Å². The topological polar surface area (TPSA) is 29.9 Å². The van der Waals surface area contributed by atoms with Gasteiger partial charge in [0.05, 0.1) is 17.1 Å². The van der Waals surface area contributed by atoms with Gasteiger partial charge in [0.1, 0.15) is 0 Å². The molecule has 2 aromatic heterocycles. The lowest BCUT2D eigenvalue weighted by Gasteiger charge is -2.29. The van der Waals surface area contributed by atoms with Crippen molar-refractivity contribution in [2.75, 3.05) is 13.1 Å². The Balaban J connectivity index is 2.17. The zero-order valence-electron chi connectivity index (χ0n) is 7.27. The highest BCUT2D eigenvalue weighted by Crippen LogP contribution is 2.20. The molecule has 0 saturated carbocycles. The van der Waals surface area contributed by atoms with E-state index in [1.54, 1.807) is 0 Å². The first-order valence-corrected chi connectivity index (χ1v) is 4.57. The molecule has 0 radical (unpaired) electrons. The molecule has 13 heavy (non-hydrogen) atoms. The third-order valence-corrected chi connectivity index (χ3v) is 2.64. The van der Waals surface area contributed by atoms with E-state index in [0.717, 1.165) is 18.6 Å². The van der Waals surface area contributed by atoms with E-state index in [1.807, 2.05) is 12.3 Å². The average molecular weight is 173 g/mol. The van der Waals surface area contributed by atoms with Gasteiger partial charge in [-0.15, -0.1) is 0 Å². The fourth-order valence-corrected chi connectivity index (χ4v) is 1.78. The van der Waals surface area contributed by atoms with Crippen molar-refractivity contribution in [3.8, 4) is 0 Å². The molecule has 1 saturated heterocycles. The first-order chi connectivity index (χ1) is 6.45. The minimum absolute atomic E-state index is 0.627. The normalized spacial score (nSPS) is 17.5. The molecule has 1 aliphatic heterocycles. The molecule has 0 bridgehead atoms. The van der Waals surface area contributed by atoms with Crippen molar-refractivity contribution in [1.29, 1.82) is 0 Å². The Bertz CT molecular complexity index is 428. The van der Waals surface area contributed by atoms with E-state index in [9.17, 15) is 0 Å². The van der Waals surface area contributed by atoms with Crippen LogP contribution in [0.5, 0.6) is 0 Å². The zero-order valence-corrected chi connectivity index (χ0v) is 7.27. The van der Waals surface area contributed by atoms with Crippen LogP contribution in [0.25, 0.3) is 11.0 Å². The van der Waals surface area contributed by atoms with E-state index >= 15 is 0 Å². The van der Waals surface area contributed by atoms with Gasteiger partial charge in [0.2, 0.25) is 0 Å². The van der Waals surface area contributed by atoms with Gasteiger partial charge < -0.3 is 9.88 Å². The van der Waals surface area contributed by atoms with Crippen LogP contribution in [0, 0.1) is 0 Å². The first-order valence-electron chi connectivity index (χ1n) is 4.57. The summed E-state index contributed by atoms with van der Waals surface area (Å²) in [5.41, 5.74) is 2.34. The largest absolute Gasteiger partial charge is 0.341 e. The van der Waals surface area contributed by atoms with Crippen molar-refractivity contribution in [2.24, 2.45) is 0 Å². The zero-order chi connectivity index (χ0) is 8.67. The molecule has 3 nitrogen and oxygen atoms in total. The molecule has 0 atom stereocenters. The van der Waals surface area contributed by atoms with Crippen LogP contribution in [0.4, 0.5) is 0 Å². The molecule has 0 spiro atoms. The second-order valence-corrected chi connectivity index (χ2v) is 3.44. The standard InChI is InChI=1S/C10H11N3/c1-2-10-9(12-4-1)3-5-13(10)8-6-11-7-8/h1-5,8,11H,6-7H2. The van der Waals surface area contributed by atoms with Gasteiger partial charge in [0, 0.05) is 25.5 Å². The van der Waals surface area contributed by atoms with Gasteiger partial charge in [-0.25, -0.2) is 0 Å². The molecule has 1 fully saturated rings. The van der Waals surface area contributed by atoms with Gasteiger partial charge in [0.25, 0.3) is 0 Å². The lowest BCUT2D eigenvalue weighted by molar-refractivity contribution is 0.352. The SMILES string of the molecule is c1cnc2ccn(C3CNC3)c2c1. The van der Waals surface area contributed by atoms with Crippen molar-refractivity contribution in [3.63, 3.8) is 0 Å². The quantitative estimate of drug-likeness (QED) is 0.701. The molecule has 0 amide bonds. The number of fused-ring (bicyclic) bond motifs is 1. The van der Waals surface area contributed by atoms with Crippen molar-refractivity contribution in [3.05, 3.63) is 30.6 Å². The van der Waals surface area contributed by atoms with Crippen molar-refractivity contribution in [1.82, 2.24) is 14.9 Å². The molecular weight excluding hydrogens is 162 g/mol. The number of pyridine rings is 1. The van der Waals surface area contributed by atoms with Crippen LogP contribution in [0.1, 0.15) is 6.04 Å². The Morgan fingerprint density at radius 3 is 3.08 bits per heavy atom. The number of nitrogens with one attached hydrogen (secondary N) is 1. The van der Waals surface area contributed by atoms with Crippen LogP contribution < -0.4 is 5.32 Å². The number of nitrogens with zero attached hydrogens (tertiary/aromatic N) is 2. The minimum Gasteiger partial charge on any atom is -0.341 e. The second kappa shape index (κ2) is 2.57. The summed E-state index contributed by atoms with van der Waals surface area (Å²) in [7, 11) is 0. The number of aromatic nitrogens is 2. The highest BCUT2D eigenvalue weighted by molar-refractivity contribution is 5.75. The third-order valence-electron chi connectivity index (χ3n) is 2.64. The van der Waals surface area contributed by atoms with Crippen LogP contribution in [-0.2, 0) is 0 Å². The van der Waals surface area contributed by atoms with Gasteiger partial charge in [-0.2, -0.15) is 0 Å². The van der Waals surface area contributed by atoms with E-state index < -0.39 is 0 Å². The number of rotatable bonds is 1. The Hall–Kier alpha value is -1.35. The smallest absolute Gasteiger partial charge is 0.0881 e. The molecule has 3 heteroatoms. The van der Waals surface area contributed by atoms with Gasteiger partial charge in [-0.1, -0.05) is 0 Å². The highest BCUT2D eigenvalue weighted by Gasteiger charge is 2.19. The summed E-state index contributed by atoms with van der Waals surface area (Å²) in [5.74, 6) is 0. The van der Waals surface area contributed by atoms with Gasteiger partial charge in [0.15, 0.2) is 0 Å². The number of hydrogen-bond donors (Lipinski definition) is 1. The van der Waals surface area contributed by atoms with Crippen LogP contribution in [0.3, 0.4) is 0 Å². The minimum atomic E-state index is 0.627. The predicted octanol–water partition coefficient (Wildman–Crippen LogP) is 1.18. The predicted molar refractivity (Wildman–Crippen MR) is 51.6 cm³/mol. The summed E-state index contributed by atoms with van der Waals surface area (Å²) >= 11 is 0. The maximum absolute atomic E-state index is 4.30. The molecule has 1 aliphatic rings. The number of hydrogen-bond acceptors (Lipinski definition) is 2. The van der Waals surface area contributed by atoms with E-state index in [0.29, 0.717) is 6.04 Å². The summed E-state index contributed by atoms with van der Waals surface area (Å²) in [4.78, 5) is 4.30. The molecule has 0 aromatic carbocycles. The van der Waals surface area contributed by atoms with Crippen LogP contribution in [-0.4, -0.2) is 22.6 Å². The Morgan fingerprint density at radius 2 is 2.31 bits per heavy atom. The molecule has 3 heterocycles. The molecule has 3 rings (SSSR count). The average Bonchev–Trinajstić information content (AvgIpc) is 2.47. The molecule has 0 aliphatic carbocycles. The van der Waals surface area contributed by atoms with Crippen LogP contribution in [0.15, 0.2) is 30.6 Å². The van der Waals surface area contributed by atoms with Crippen LogP contribution in [0.2, 0.25) is 0 Å². The van der Waals surface area contributed by atoms with Crippen molar-refractivity contribution in [2.45, 2.75) is 6.04 Å². The fraction of sp³-hybridized carbons (Fsp3) is 0.300. The lowest BCUT2D eigenvalue weighted by atomic mass is 10.2. The Labute approximate surface area is 76.4 Å². The Morgan fingerprint density at radius 1 is 1.38 bits per heavy atom. The molecule has 66 valence electrons. The Kier molecular flexibility index (Phi) is 1.40. The maximum Gasteiger partial charge on any atom is 0.0881 e. The van der Waals surface area contributed by atoms with Gasteiger partial charge in [-0.3, -0.25) is 4.98 Å². The van der Waals surface area contributed by atoms with Gasteiger partial charge >= 0.3 is 0 Å². The first kappa shape index (κ1) is 7.09. The summed E-state index contributed by atoms with van der Waals surface area (Å²) in [6, 6.07) is 6.82. The van der Waals surface area contributed by atoms with E-state index in [4.69, 9.17) is 0 Å². The summed E-state index contributed by atoms with van der Waals surface area (Å²) < 4.78 is 2.30. The van der Waals surface area contributed by atoms with E-state index in [2.05, 4.69) is 33.2 Å². The van der Waals surface area contributed by atoms with Crippen LogP contribution >= 0.6 is 0 Å². The highest BCUT2D eigenvalue weighted by atomic mass is 15.1. The molecule has 0 unspecified atom stereocenters. The monoisotopic (exact) mass is 173 g/mol. The van der Waals surface area contributed by atoms with Crippen molar-refractivity contribution >= 4 is 11.0 Å². The van der Waals surface area contributed by atoms with Crippen molar-refractivity contribution < 1.29 is 0 Å². The van der Waals surface area contributed by atoms with E-state index in [-0.39, 0.29) is 0 Å². The summed E-state index contributed by atoms with van der Waals surface area (Å²) in [6.07, 6.45) is 3.97. The second-order valence-electron chi connectivity index (χ2n) is 3.44. The third kappa shape index (κ3) is 0.971. The summed E-state index contributed by atoms with van der Waals surface area (Å²) in [5, 5.41) is 3.27. The summed E-state index contributed by atoms with van der Waals surface area (Å²) in [6.45, 7) is 2.16. The lowest BCUT2D eigenvalue weighted by Crippen LogP contribution is -2.43. The molecule has 1 N–H and O–H groups in total. The fourth-order valence-electron chi connectivity index (χ4n) is 1.78.